The molecule has 0 aliphatic carbocycles. The number of ether oxygens (including phenoxy) is 2. The maximum absolute atomic E-state index is 12.1. The zero-order chi connectivity index (χ0) is 20.6. The highest BCUT2D eigenvalue weighted by atomic mass is 16.5. The van der Waals surface area contributed by atoms with Crippen molar-refractivity contribution in [2.45, 2.75) is 32.6 Å². The summed E-state index contributed by atoms with van der Waals surface area (Å²) in [6.45, 7) is 1.82. The number of benzene rings is 2. The quantitative estimate of drug-likeness (QED) is 0.540. The van der Waals surface area contributed by atoms with Crippen LogP contribution in [-0.4, -0.2) is 25.6 Å². The number of unbranched alkanes of at least 4 members (excludes halogenated alkanes) is 1. The van der Waals surface area contributed by atoms with Crippen LogP contribution in [0.4, 0.5) is 5.69 Å². The molecule has 6 nitrogen and oxygen atoms in total. The molecule has 2 aromatic carbocycles. The molecule has 6 heteroatoms. The Kier molecular flexibility index (Phi) is 6.89. The number of carbonyl (C=O) groups is 2. The van der Waals surface area contributed by atoms with E-state index in [1.54, 1.807) is 19.2 Å². The Bertz CT molecular complexity index is 975. The van der Waals surface area contributed by atoms with E-state index in [0.29, 0.717) is 22.6 Å². The number of carbonyl (C=O) groups excluding carboxylic acids is 2. The molecule has 0 fully saturated rings. The summed E-state index contributed by atoms with van der Waals surface area (Å²) in [4.78, 5) is 24.1. The van der Waals surface area contributed by atoms with Crippen LogP contribution in [0, 0.1) is 0 Å². The Morgan fingerprint density at radius 3 is 2.62 bits per heavy atom. The summed E-state index contributed by atoms with van der Waals surface area (Å²) in [6.07, 6.45) is 4.86. The molecule has 3 aromatic rings. The Balaban J connectivity index is 1.48. The lowest BCUT2D eigenvalue weighted by atomic mass is 10.1. The number of hydrogen-bond acceptors (Lipinski definition) is 5. The van der Waals surface area contributed by atoms with E-state index in [-0.39, 0.29) is 18.9 Å². The van der Waals surface area contributed by atoms with Gasteiger partial charge in [0.25, 0.3) is 5.91 Å². The van der Waals surface area contributed by atoms with Gasteiger partial charge in [0.05, 0.1) is 19.8 Å². The minimum absolute atomic E-state index is 0.0265. The number of esters is 1. The first-order chi connectivity index (χ1) is 14.1. The van der Waals surface area contributed by atoms with E-state index in [4.69, 9.17) is 13.9 Å². The Morgan fingerprint density at radius 2 is 1.90 bits per heavy atom. The van der Waals surface area contributed by atoms with Gasteiger partial charge in [-0.1, -0.05) is 25.5 Å². The second kappa shape index (κ2) is 9.78. The summed E-state index contributed by atoms with van der Waals surface area (Å²) < 4.78 is 15.7. The summed E-state index contributed by atoms with van der Waals surface area (Å²) in [5.74, 6) is -0.189. The number of methoxy groups -OCH3 is 1. The fraction of sp³-hybridized carbons (Fsp3) is 0.304. The van der Waals surface area contributed by atoms with Gasteiger partial charge >= 0.3 is 5.97 Å². The molecule has 1 N–H and O–H groups in total. The predicted molar refractivity (Wildman–Crippen MR) is 111 cm³/mol. The maximum Gasteiger partial charge on any atom is 0.310 e. The molecule has 1 heterocycles. The van der Waals surface area contributed by atoms with E-state index in [1.807, 2.05) is 30.3 Å². The molecular weight excluding hydrogens is 370 g/mol. The molecule has 29 heavy (non-hydrogen) atoms. The van der Waals surface area contributed by atoms with Crippen LogP contribution in [0.5, 0.6) is 5.75 Å². The molecule has 0 atom stereocenters. The molecule has 152 valence electrons. The van der Waals surface area contributed by atoms with Gasteiger partial charge < -0.3 is 19.2 Å². The highest BCUT2D eigenvalue weighted by Gasteiger charge is 2.14. The molecule has 0 radical (unpaired) electrons. The number of furan rings is 1. The highest BCUT2D eigenvalue weighted by Crippen LogP contribution is 2.26. The lowest BCUT2D eigenvalue weighted by molar-refractivity contribution is -0.146. The number of rotatable bonds is 9. The monoisotopic (exact) mass is 395 g/mol. The third-order valence-corrected chi connectivity index (χ3v) is 4.62. The van der Waals surface area contributed by atoms with Gasteiger partial charge in [-0.3, -0.25) is 9.59 Å². The smallest absolute Gasteiger partial charge is 0.310 e. The average molecular weight is 395 g/mol. The molecule has 0 bridgehead atoms. The predicted octanol–water partition coefficient (Wildman–Crippen LogP) is 4.51. The molecule has 3 rings (SSSR count). The van der Waals surface area contributed by atoms with Gasteiger partial charge in [0.1, 0.15) is 11.3 Å². The van der Waals surface area contributed by atoms with E-state index in [0.717, 1.165) is 24.6 Å². The van der Waals surface area contributed by atoms with Gasteiger partial charge in [0.15, 0.2) is 6.61 Å². The van der Waals surface area contributed by atoms with Crippen molar-refractivity contribution in [1.29, 1.82) is 0 Å². The zero-order valence-corrected chi connectivity index (χ0v) is 16.7. The van der Waals surface area contributed by atoms with Gasteiger partial charge in [-0.2, -0.15) is 0 Å². The van der Waals surface area contributed by atoms with Gasteiger partial charge in [-0.05, 0) is 42.7 Å². The molecule has 1 amide bonds. The normalized spacial score (nSPS) is 10.7. The van der Waals surface area contributed by atoms with Gasteiger partial charge in [0, 0.05) is 22.7 Å². The van der Waals surface area contributed by atoms with Crippen molar-refractivity contribution < 1.29 is 23.5 Å². The van der Waals surface area contributed by atoms with E-state index in [9.17, 15) is 9.59 Å². The number of anilines is 1. The van der Waals surface area contributed by atoms with Gasteiger partial charge in [-0.15, -0.1) is 0 Å². The molecule has 0 saturated heterocycles. The van der Waals surface area contributed by atoms with E-state index in [1.165, 1.54) is 11.8 Å². The summed E-state index contributed by atoms with van der Waals surface area (Å²) >= 11 is 0. The van der Waals surface area contributed by atoms with E-state index in [2.05, 4.69) is 12.2 Å². The van der Waals surface area contributed by atoms with Crippen LogP contribution in [0.15, 0.2) is 53.1 Å². The first-order valence-corrected chi connectivity index (χ1v) is 9.67. The number of hydrogen-bond donors (Lipinski definition) is 1. The number of amides is 1. The average Bonchev–Trinajstić information content (AvgIpc) is 3.13. The summed E-state index contributed by atoms with van der Waals surface area (Å²) in [7, 11) is 1.58. The Hall–Kier alpha value is -3.28. The molecule has 0 aliphatic rings. The van der Waals surface area contributed by atoms with Crippen LogP contribution in [0.1, 0.15) is 30.9 Å². The fourth-order valence-electron chi connectivity index (χ4n) is 3.01. The summed E-state index contributed by atoms with van der Waals surface area (Å²) in [5, 5.41) is 3.55. The van der Waals surface area contributed by atoms with Crippen LogP contribution in [0.25, 0.3) is 11.0 Å². The SMILES string of the molecule is CCCCc1ccc(NC(=O)COC(=O)Cc2coc3cc(OC)ccc23)cc1. The Labute approximate surface area is 169 Å². The van der Waals surface area contributed by atoms with Crippen molar-refractivity contribution in [3.8, 4) is 5.75 Å². The van der Waals surface area contributed by atoms with Gasteiger partial charge in [-0.25, -0.2) is 0 Å². The lowest BCUT2D eigenvalue weighted by Crippen LogP contribution is -2.21. The van der Waals surface area contributed by atoms with Crippen molar-refractivity contribution in [3.63, 3.8) is 0 Å². The summed E-state index contributed by atoms with van der Waals surface area (Å²) in [6, 6.07) is 13.1. The van der Waals surface area contributed by atoms with Crippen molar-refractivity contribution in [2.24, 2.45) is 0 Å². The number of nitrogens with one attached hydrogen (secondary N) is 1. The van der Waals surface area contributed by atoms with Crippen molar-refractivity contribution in [2.75, 3.05) is 19.0 Å². The van der Waals surface area contributed by atoms with Crippen LogP contribution in [0.2, 0.25) is 0 Å². The van der Waals surface area contributed by atoms with Crippen molar-refractivity contribution in [1.82, 2.24) is 0 Å². The second-order valence-electron chi connectivity index (χ2n) is 6.81. The third-order valence-electron chi connectivity index (χ3n) is 4.62. The van der Waals surface area contributed by atoms with Crippen LogP contribution in [0.3, 0.4) is 0 Å². The number of fused-ring (bicyclic) bond motifs is 1. The zero-order valence-electron chi connectivity index (χ0n) is 16.7. The molecule has 0 spiro atoms. The molecular formula is C23H25NO5. The number of aryl methyl sites for hydroxylation is 1. The molecule has 0 unspecified atom stereocenters. The minimum atomic E-state index is -0.492. The van der Waals surface area contributed by atoms with Crippen LogP contribution < -0.4 is 10.1 Å². The fourth-order valence-corrected chi connectivity index (χ4v) is 3.01. The second-order valence-corrected chi connectivity index (χ2v) is 6.81. The van der Waals surface area contributed by atoms with Crippen molar-refractivity contribution >= 4 is 28.5 Å². The van der Waals surface area contributed by atoms with E-state index >= 15 is 0 Å². The maximum atomic E-state index is 12.1. The topological polar surface area (TPSA) is 77.8 Å². The van der Waals surface area contributed by atoms with Gasteiger partial charge in [0.2, 0.25) is 0 Å². The highest BCUT2D eigenvalue weighted by molar-refractivity contribution is 5.93. The minimum Gasteiger partial charge on any atom is -0.497 e. The Morgan fingerprint density at radius 1 is 1.10 bits per heavy atom. The first-order valence-electron chi connectivity index (χ1n) is 9.67. The lowest BCUT2D eigenvalue weighted by Gasteiger charge is -2.07. The van der Waals surface area contributed by atoms with Crippen LogP contribution in [-0.2, 0) is 27.2 Å². The van der Waals surface area contributed by atoms with Crippen LogP contribution >= 0.6 is 0 Å². The summed E-state index contributed by atoms with van der Waals surface area (Å²) in [5.41, 5.74) is 3.25. The third kappa shape index (κ3) is 5.60. The molecule has 1 aromatic heterocycles. The van der Waals surface area contributed by atoms with E-state index < -0.39 is 5.97 Å². The first kappa shape index (κ1) is 20.5. The molecule has 0 aliphatic heterocycles. The van der Waals surface area contributed by atoms with Crippen molar-refractivity contribution in [3.05, 3.63) is 59.9 Å². The largest absolute Gasteiger partial charge is 0.497 e. The molecule has 0 saturated carbocycles. The standard InChI is InChI=1S/C23H25NO5/c1-3-4-5-16-6-8-18(9-7-16)24-22(25)15-29-23(26)12-17-14-28-21-13-19(27-2)10-11-20(17)21/h6-11,13-14H,3-5,12,15H2,1-2H3,(H,24,25).